The van der Waals surface area contributed by atoms with E-state index in [0.717, 1.165) is 12.8 Å². The standard InChI is InChI=1S/C13H25N3O3/c1-3-5-13(6-4-2,11(14)15-18)12(17)16-7-9-19-10-8-16/h18H,3-10H2,1-2H3,(H2,14,15). The molecule has 1 saturated heterocycles. The Morgan fingerprint density at radius 1 is 1.32 bits per heavy atom. The summed E-state index contributed by atoms with van der Waals surface area (Å²) < 4.78 is 5.26. The van der Waals surface area contributed by atoms with Gasteiger partial charge in [0.15, 0.2) is 5.84 Å². The zero-order valence-electron chi connectivity index (χ0n) is 11.9. The number of ether oxygens (including phenoxy) is 1. The predicted octanol–water partition coefficient (Wildman–Crippen LogP) is 1.18. The SMILES string of the molecule is CCCC(CCC)(C(=O)N1CCOCC1)C(N)=NO. The second kappa shape index (κ2) is 7.33. The van der Waals surface area contributed by atoms with Crippen LogP contribution in [0.15, 0.2) is 5.16 Å². The second-order valence-electron chi connectivity index (χ2n) is 4.97. The van der Waals surface area contributed by atoms with Gasteiger partial charge in [0.1, 0.15) is 5.41 Å². The maximum atomic E-state index is 12.8. The first-order chi connectivity index (χ1) is 9.12. The molecule has 110 valence electrons. The third-order valence-electron chi connectivity index (χ3n) is 3.66. The van der Waals surface area contributed by atoms with Crippen LogP contribution in [0.5, 0.6) is 0 Å². The van der Waals surface area contributed by atoms with E-state index in [4.69, 9.17) is 15.7 Å². The van der Waals surface area contributed by atoms with E-state index in [0.29, 0.717) is 39.1 Å². The molecular formula is C13H25N3O3. The Balaban J connectivity index is 3.01. The maximum absolute atomic E-state index is 12.8. The highest BCUT2D eigenvalue weighted by molar-refractivity contribution is 6.06. The lowest BCUT2D eigenvalue weighted by Crippen LogP contribution is -2.54. The van der Waals surface area contributed by atoms with Gasteiger partial charge in [0.05, 0.1) is 13.2 Å². The minimum atomic E-state index is -0.865. The van der Waals surface area contributed by atoms with E-state index in [1.807, 2.05) is 13.8 Å². The fourth-order valence-electron chi connectivity index (χ4n) is 2.72. The number of morpholine rings is 1. The summed E-state index contributed by atoms with van der Waals surface area (Å²) in [6.45, 7) is 6.26. The molecule has 1 amide bonds. The Bertz CT molecular complexity index is 319. The van der Waals surface area contributed by atoms with Gasteiger partial charge in [-0.25, -0.2) is 0 Å². The van der Waals surface area contributed by atoms with Crippen LogP contribution < -0.4 is 5.73 Å². The van der Waals surface area contributed by atoms with Gasteiger partial charge in [-0.2, -0.15) is 0 Å². The number of hydrogen-bond donors (Lipinski definition) is 2. The number of carbonyl (C=O) groups excluding carboxylic acids is 1. The van der Waals surface area contributed by atoms with E-state index in [1.54, 1.807) is 4.90 Å². The molecule has 0 spiro atoms. The largest absolute Gasteiger partial charge is 0.409 e. The van der Waals surface area contributed by atoms with E-state index in [2.05, 4.69) is 5.16 Å². The van der Waals surface area contributed by atoms with E-state index in [9.17, 15) is 4.79 Å². The molecule has 0 saturated carbocycles. The number of amidine groups is 1. The van der Waals surface area contributed by atoms with E-state index in [-0.39, 0.29) is 11.7 Å². The molecule has 1 aliphatic rings. The van der Waals surface area contributed by atoms with Crippen LogP contribution in [0, 0.1) is 5.41 Å². The minimum Gasteiger partial charge on any atom is -0.409 e. The zero-order chi connectivity index (χ0) is 14.3. The van der Waals surface area contributed by atoms with Crippen molar-refractivity contribution in [2.75, 3.05) is 26.3 Å². The number of rotatable bonds is 6. The molecule has 0 aliphatic carbocycles. The average molecular weight is 271 g/mol. The molecule has 0 aromatic rings. The van der Waals surface area contributed by atoms with Crippen molar-refractivity contribution in [3.63, 3.8) is 0 Å². The van der Waals surface area contributed by atoms with Crippen molar-refractivity contribution in [2.24, 2.45) is 16.3 Å². The molecule has 3 N–H and O–H groups in total. The highest BCUT2D eigenvalue weighted by Gasteiger charge is 2.44. The first-order valence-electron chi connectivity index (χ1n) is 6.97. The molecule has 0 bridgehead atoms. The number of amides is 1. The molecule has 1 rings (SSSR count). The molecule has 0 radical (unpaired) electrons. The molecule has 1 aliphatic heterocycles. The predicted molar refractivity (Wildman–Crippen MR) is 73.1 cm³/mol. The van der Waals surface area contributed by atoms with Gasteiger partial charge in [0.2, 0.25) is 5.91 Å². The molecular weight excluding hydrogens is 246 g/mol. The van der Waals surface area contributed by atoms with Gasteiger partial charge in [0.25, 0.3) is 0 Å². The molecule has 0 unspecified atom stereocenters. The molecule has 0 aromatic carbocycles. The lowest BCUT2D eigenvalue weighted by molar-refractivity contribution is -0.143. The molecule has 19 heavy (non-hydrogen) atoms. The van der Waals surface area contributed by atoms with Crippen molar-refractivity contribution in [1.29, 1.82) is 0 Å². The van der Waals surface area contributed by atoms with Gasteiger partial charge in [-0.1, -0.05) is 31.8 Å². The van der Waals surface area contributed by atoms with E-state index in [1.165, 1.54) is 0 Å². The second-order valence-corrected chi connectivity index (χ2v) is 4.97. The molecule has 1 fully saturated rings. The first kappa shape index (κ1) is 15.8. The Labute approximate surface area is 114 Å². The highest BCUT2D eigenvalue weighted by Crippen LogP contribution is 2.33. The number of carbonyl (C=O) groups is 1. The van der Waals surface area contributed by atoms with Gasteiger partial charge < -0.3 is 20.6 Å². The Hall–Kier alpha value is -1.30. The van der Waals surface area contributed by atoms with Crippen LogP contribution in [0.3, 0.4) is 0 Å². The first-order valence-corrected chi connectivity index (χ1v) is 6.97. The third-order valence-corrected chi connectivity index (χ3v) is 3.66. The van der Waals surface area contributed by atoms with Crippen LogP contribution in [-0.2, 0) is 9.53 Å². The summed E-state index contributed by atoms with van der Waals surface area (Å²) in [5.41, 5.74) is 4.99. The molecule has 6 heteroatoms. The molecule has 0 atom stereocenters. The van der Waals surface area contributed by atoms with E-state index >= 15 is 0 Å². The van der Waals surface area contributed by atoms with Crippen molar-refractivity contribution in [3.05, 3.63) is 0 Å². The number of oxime groups is 1. The normalized spacial score (nSPS) is 17.6. The number of hydrogen-bond acceptors (Lipinski definition) is 4. The summed E-state index contributed by atoms with van der Waals surface area (Å²) in [7, 11) is 0. The van der Waals surface area contributed by atoms with Crippen molar-refractivity contribution in [2.45, 2.75) is 39.5 Å². The highest BCUT2D eigenvalue weighted by atomic mass is 16.5. The Morgan fingerprint density at radius 3 is 2.26 bits per heavy atom. The van der Waals surface area contributed by atoms with Crippen molar-refractivity contribution >= 4 is 11.7 Å². The fourth-order valence-corrected chi connectivity index (χ4v) is 2.72. The van der Waals surface area contributed by atoms with Gasteiger partial charge in [0, 0.05) is 13.1 Å². The van der Waals surface area contributed by atoms with E-state index < -0.39 is 5.41 Å². The zero-order valence-corrected chi connectivity index (χ0v) is 11.9. The number of nitrogens with two attached hydrogens (primary N) is 1. The lowest BCUT2D eigenvalue weighted by atomic mass is 9.76. The third kappa shape index (κ3) is 3.37. The van der Waals surface area contributed by atoms with Crippen LogP contribution in [-0.4, -0.2) is 48.2 Å². The van der Waals surface area contributed by atoms with Crippen LogP contribution >= 0.6 is 0 Å². The van der Waals surface area contributed by atoms with Crippen LogP contribution in [0.1, 0.15) is 39.5 Å². The lowest BCUT2D eigenvalue weighted by Gasteiger charge is -2.37. The van der Waals surface area contributed by atoms with Crippen molar-refractivity contribution in [3.8, 4) is 0 Å². The summed E-state index contributed by atoms with van der Waals surface area (Å²) in [6, 6.07) is 0. The van der Waals surface area contributed by atoms with Crippen LogP contribution in [0.4, 0.5) is 0 Å². The molecule has 1 heterocycles. The average Bonchev–Trinajstić information content (AvgIpc) is 2.46. The maximum Gasteiger partial charge on any atom is 0.236 e. The Morgan fingerprint density at radius 2 is 1.84 bits per heavy atom. The summed E-state index contributed by atoms with van der Waals surface area (Å²) in [4.78, 5) is 14.6. The van der Waals surface area contributed by atoms with Gasteiger partial charge in [-0.3, -0.25) is 4.79 Å². The van der Waals surface area contributed by atoms with Gasteiger partial charge in [-0.05, 0) is 12.8 Å². The van der Waals surface area contributed by atoms with Gasteiger partial charge >= 0.3 is 0 Å². The molecule has 0 aromatic heterocycles. The van der Waals surface area contributed by atoms with Crippen molar-refractivity contribution < 1.29 is 14.7 Å². The summed E-state index contributed by atoms with van der Waals surface area (Å²) >= 11 is 0. The minimum absolute atomic E-state index is 0.0326. The number of nitrogens with zero attached hydrogens (tertiary/aromatic N) is 2. The topological polar surface area (TPSA) is 88.2 Å². The summed E-state index contributed by atoms with van der Waals surface area (Å²) in [5, 5.41) is 12.2. The van der Waals surface area contributed by atoms with Crippen LogP contribution in [0.2, 0.25) is 0 Å². The van der Waals surface area contributed by atoms with Crippen molar-refractivity contribution in [1.82, 2.24) is 4.90 Å². The Kier molecular flexibility index (Phi) is 6.08. The quantitative estimate of drug-likeness (QED) is 0.328. The van der Waals surface area contributed by atoms with Gasteiger partial charge in [-0.15, -0.1) is 0 Å². The fraction of sp³-hybridized carbons (Fsp3) is 0.846. The summed E-state index contributed by atoms with van der Waals surface area (Å²) in [5.74, 6) is 0.00231. The van der Waals surface area contributed by atoms with Crippen LogP contribution in [0.25, 0.3) is 0 Å². The summed E-state index contributed by atoms with van der Waals surface area (Å²) in [6.07, 6.45) is 2.83. The smallest absolute Gasteiger partial charge is 0.236 e. The molecule has 6 nitrogen and oxygen atoms in total. The monoisotopic (exact) mass is 271 g/mol.